The van der Waals surface area contributed by atoms with E-state index in [0.717, 1.165) is 0 Å². The topological polar surface area (TPSA) is 50.9 Å². The summed E-state index contributed by atoms with van der Waals surface area (Å²) in [7, 11) is 5.48. The van der Waals surface area contributed by atoms with Crippen molar-refractivity contribution in [2.24, 2.45) is 0 Å². The Hall–Kier alpha value is -0.835. The van der Waals surface area contributed by atoms with Crippen LogP contribution in [0.1, 0.15) is 32.5 Å². The lowest BCUT2D eigenvalue weighted by atomic mass is 9.92. The Bertz CT molecular complexity index is 264. The highest BCUT2D eigenvalue weighted by Gasteiger charge is 2.20. The van der Waals surface area contributed by atoms with E-state index in [4.69, 9.17) is 7.85 Å². The monoisotopic (exact) mass is 165 g/mol. The summed E-state index contributed by atoms with van der Waals surface area (Å²) in [5.74, 6) is 0.880. The van der Waals surface area contributed by atoms with Crippen molar-refractivity contribution in [2.45, 2.75) is 32.3 Å². The molecule has 0 aliphatic heterocycles. The predicted octanol–water partition coefficient (Wildman–Crippen LogP) is 0.192. The summed E-state index contributed by atoms with van der Waals surface area (Å²) in [6, 6.07) is 0. The second kappa shape index (κ2) is 2.90. The second-order valence-electron chi connectivity index (χ2n) is 3.31. The maximum Gasteiger partial charge on any atom is 0.144 e. The van der Waals surface area contributed by atoms with Gasteiger partial charge in [0.2, 0.25) is 0 Å². The molecule has 1 heterocycles. The summed E-state index contributed by atoms with van der Waals surface area (Å²) in [4.78, 5) is 0. The van der Waals surface area contributed by atoms with Crippen LogP contribution < -0.4 is 0 Å². The van der Waals surface area contributed by atoms with Crippen molar-refractivity contribution in [1.82, 2.24) is 14.8 Å². The summed E-state index contributed by atoms with van der Waals surface area (Å²) in [6.07, 6.45) is 1.43. The molecule has 0 aliphatic rings. The molecule has 0 aromatic carbocycles. The lowest BCUT2D eigenvalue weighted by molar-refractivity contribution is 0.0681. The van der Waals surface area contributed by atoms with Crippen LogP contribution in [0.15, 0.2) is 6.33 Å². The first-order valence-corrected chi connectivity index (χ1v) is 3.84. The van der Waals surface area contributed by atoms with Gasteiger partial charge in [-0.05, 0) is 6.92 Å². The fourth-order valence-electron chi connectivity index (χ4n) is 0.986. The van der Waals surface area contributed by atoms with Gasteiger partial charge in [-0.1, -0.05) is 13.8 Å². The third-order valence-corrected chi connectivity index (χ3v) is 1.58. The van der Waals surface area contributed by atoms with Crippen molar-refractivity contribution >= 4 is 7.85 Å². The molecular formula is C7H12BN3O. The Morgan fingerprint density at radius 3 is 2.58 bits per heavy atom. The third kappa shape index (κ3) is 1.66. The van der Waals surface area contributed by atoms with Crippen molar-refractivity contribution in [1.29, 1.82) is 0 Å². The minimum Gasteiger partial charge on any atom is -0.380 e. The molecule has 0 amide bonds. The largest absolute Gasteiger partial charge is 0.380 e. The van der Waals surface area contributed by atoms with Crippen LogP contribution in [0.2, 0.25) is 0 Å². The SMILES string of the molecule is [B]C(C)(O)n1cnnc1C(C)C. The first-order chi connectivity index (χ1) is 5.43. The summed E-state index contributed by atoms with van der Waals surface area (Å²) in [5, 5.41) is 17.0. The summed E-state index contributed by atoms with van der Waals surface area (Å²) < 4.78 is 1.46. The van der Waals surface area contributed by atoms with Gasteiger partial charge >= 0.3 is 0 Å². The number of hydrogen-bond donors (Lipinski definition) is 1. The molecule has 1 N–H and O–H groups in total. The molecule has 1 unspecified atom stereocenters. The molecule has 5 heteroatoms. The Kier molecular flexibility index (Phi) is 2.23. The van der Waals surface area contributed by atoms with Gasteiger partial charge in [0.1, 0.15) is 20.0 Å². The van der Waals surface area contributed by atoms with Crippen LogP contribution in [0.25, 0.3) is 0 Å². The van der Waals surface area contributed by atoms with Gasteiger partial charge in [0, 0.05) is 5.92 Å². The molecule has 1 rings (SSSR count). The van der Waals surface area contributed by atoms with Crippen molar-refractivity contribution in [3.05, 3.63) is 12.2 Å². The second-order valence-corrected chi connectivity index (χ2v) is 3.31. The molecule has 2 radical (unpaired) electrons. The molecule has 0 bridgehead atoms. The molecule has 1 aromatic heterocycles. The van der Waals surface area contributed by atoms with Crippen LogP contribution in [0.3, 0.4) is 0 Å². The molecule has 64 valence electrons. The van der Waals surface area contributed by atoms with Crippen LogP contribution in [-0.4, -0.2) is 27.7 Å². The van der Waals surface area contributed by atoms with E-state index in [-0.39, 0.29) is 5.92 Å². The maximum absolute atomic E-state index is 9.47. The highest BCUT2D eigenvalue weighted by atomic mass is 16.3. The molecule has 0 saturated carbocycles. The molecule has 0 saturated heterocycles. The molecule has 12 heavy (non-hydrogen) atoms. The van der Waals surface area contributed by atoms with Gasteiger partial charge in [-0.3, -0.25) is 4.57 Å². The van der Waals surface area contributed by atoms with E-state index in [1.165, 1.54) is 17.8 Å². The Morgan fingerprint density at radius 2 is 2.25 bits per heavy atom. The van der Waals surface area contributed by atoms with Crippen molar-refractivity contribution in [2.75, 3.05) is 0 Å². The Morgan fingerprint density at radius 1 is 1.67 bits per heavy atom. The van der Waals surface area contributed by atoms with Crippen molar-refractivity contribution in [3.63, 3.8) is 0 Å². The molecule has 0 aliphatic carbocycles. The lowest BCUT2D eigenvalue weighted by Crippen LogP contribution is -2.31. The van der Waals surface area contributed by atoms with Gasteiger partial charge < -0.3 is 5.11 Å². The van der Waals surface area contributed by atoms with Gasteiger partial charge in [-0.15, -0.1) is 10.2 Å². The molecule has 4 nitrogen and oxygen atoms in total. The minimum atomic E-state index is -1.41. The number of nitrogens with zero attached hydrogens (tertiary/aromatic N) is 3. The molecular weight excluding hydrogens is 153 g/mol. The quantitative estimate of drug-likeness (QED) is 0.636. The lowest BCUT2D eigenvalue weighted by Gasteiger charge is -2.22. The summed E-state index contributed by atoms with van der Waals surface area (Å²) in [6.45, 7) is 5.42. The van der Waals surface area contributed by atoms with Crippen LogP contribution in [0, 0.1) is 0 Å². The van der Waals surface area contributed by atoms with Gasteiger partial charge in [0.15, 0.2) is 0 Å². The van der Waals surface area contributed by atoms with Crippen molar-refractivity contribution in [3.8, 4) is 0 Å². The zero-order chi connectivity index (χ0) is 9.35. The van der Waals surface area contributed by atoms with Crippen LogP contribution in [-0.2, 0) is 5.62 Å². The van der Waals surface area contributed by atoms with E-state index in [9.17, 15) is 5.11 Å². The zero-order valence-electron chi connectivity index (χ0n) is 7.52. The van der Waals surface area contributed by atoms with E-state index in [0.29, 0.717) is 5.82 Å². The standard InChI is InChI=1S/C7H12BN3O/c1-5(2)6-10-9-4-11(6)7(3,8)12/h4-5,12H,1-3H3. The van der Waals surface area contributed by atoms with Crippen molar-refractivity contribution < 1.29 is 5.11 Å². The first-order valence-electron chi connectivity index (χ1n) is 3.84. The summed E-state index contributed by atoms with van der Waals surface area (Å²) >= 11 is 0. The van der Waals surface area contributed by atoms with Crippen LogP contribution in [0.4, 0.5) is 0 Å². The van der Waals surface area contributed by atoms with E-state index < -0.39 is 5.62 Å². The Balaban J connectivity index is 3.08. The van der Waals surface area contributed by atoms with E-state index in [1.807, 2.05) is 13.8 Å². The first kappa shape index (κ1) is 9.25. The number of aromatic nitrogens is 3. The highest BCUT2D eigenvalue weighted by Crippen LogP contribution is 2.16. The number of hydrogen-bond acceptors (Lipinski definition) is 3. The van der Waals surface area contributed by atoms with Crippen LogP contribution >= 0.6 is 0 Å². The fourth-order valence-corrected chi connectivity index (χ4v) is 0.986. The average molecular weight is 165 g/mol. The average Bonchev–Trinajstić information content (AvgIpc) is 2.30. The molecule has 1 aromatic rings. The molecule has 0 fully saturated rings. The smallest absolute Gasteiger partial charge is 0.144 e. The minimum absolute atomic E-state index is 0.197. The normalized spacial score (nSPS) is 16.4. The highest BCUT2D eigenvalue weighted by molar-refractivity contribution is 6.12. The molecule has 1 atom stereocenters. The van der Waals surface area contributed by atoms with Gasteiger partial charge in [0.25, 0.3) is 0 Å². The van der Waals surface area contributed by atoms with E-state index in [1.54, 1.807) is 0 Å². The number of aliphatic hydroxyl groups is 1. The summed E-state index contributed by atoms with van der Waals surface area (Å²) in [5.41, 5.74) is -1.41. The maximum atomic E-state index is 9.47. The van der Waals surface area contributed by atoms with Crippen LogP contribution in [0.5, 0.6) is 0 Å². The third-order valence-electron chi connectivity index (χ3n) is 1.58. The van der Waals surface area contributed by atoms with Gasteiger partial charge in [-0.25, -0.2) is 0 Å². The van der Waals surface area contributed by atoms with Gasteiger partial charge in [0.05, 0.1) is 5.62 Å². The fraction of sp³-hybridized carbons (Fsp3) is 0.714. The van der Waals surface area contributed by atoms with E-state index in [2.05, 4.69) is 10.2 Å². The number of rotatable bonds is 2. The zero-order valence-corrected chi connectivity index (χ0v) is 7.52. The Labute approximate surface area is 73.0 Å². The predicted molar refractivity (Wildman–Crippen MR) is 45.7 cm³/mol. The molecule has 0 spiro atoms. The van der Waals surface area contributed by atoms with E-state index >= 15 is 0 Å². The van der Waals surface area contributed by atoms with Gasteiger partial charge in [-0.2, -0.15) is 0 Å².